The molecule has 0 unspecified atom stereocenters. The van der Waals surface area contributed by atoms with E-state index in [0.717, 1.165) is 24.2 Å². The molecule has 0 saturated heterocycles. The Morgan fingerprint density at radius 3 is 2.64 bits per heavy atom. The molecule has 1 aliphatic carbocycles. The molecule has 0 fully saturated rings. The summed E-state index contributed by atoms with van der Waals surface area (Å²) < 4.78 is 5.83. The van der Waals surface area contributed by atoms with Crippen molar-refractivity contribution in [3.8, 4) is 0 Å². The SMILES string of the molecule is Cc1c(C(=O)NNC(C)(C)C)oc2c1/C(=N/NC(=O)c1ccccn1)CCC2. The van der Waals surface area contributed by atoms with Crippen LogP contribution in [0.3, 0.4) is 0 Å². The number of hydrazine groups is 1. The van der Waals surface area contributed by atoms with E-state index in [-0.39, 0.29) is 23.1 Å². The molecular weight excluding hydrogens is 358 g/mol. The molecule has 0 bridgehead atoms. The van der Waals surface area contributed by atoms with E-state index >= 15 is 0 Å². The first-order valence-electron chi connectivity index (χ1n) is 9.24. The minimum atomic E-state index is -0.381. The Labute approximate surface area is 163 Å². The predicted molar refractivity (Wildman–Crippen MR) is 105 cm³/mol. The summed E-state index contributed by atoms with van der Waals surface area (Å²) in [6.07, 6.45) is 3.80. The lowest BCUT2D eigenvalue weighted by molar-refractivity contribution is 0.0882. The Bertz CT molecular complexity index is 910. The number of carbonyl (C=O) groups excluding carboxylic acids is 2. The molecule has 0 atom stereocenters. The first-order chi connectivity index (χ1) is 13.3. The minimum absolute atomic E-state index is 0.257. The fourth-order valence-corrected chi connectivity index (χ4v) is 2.97. The van der Waals surface area contributed by atoms with Crippen LogP contribution in [0.25, 0.3) is 0 Å². The molecule has 0 saturated carbocycles. The zero-order chi connectivity index (χ0) is 20.3. The van der Waals surface area contributed by atoms with Gasteiger partial charge in [-0.15, -0.1) is 0 Å². The van der Waals surface area contributed by atoms with Crippen LogP contribution in [0.2, 0.25) is 0 Å². The van der Waals surface area contributed by atoms with Gasteiger partial charge in [0, 0.05) is 29.3 Å². The molecule has 3 rings (SSSR count). The van der Waals surface area contributed by atoms with E-state index in [1.807, 2.05) is 27.7 Å². The lowest BCUT2D eigenvalue weighted by Crippen LogP contribution is -2.48. The number of furan rings is 1. The number of pyridine rings is 1. The molecular formula is C20H25N5O3. The van der Waals surface area contributed by atoms with Crippen LogP contribution in [0, 0.1) is 6.92 Å². The van der Waals surface area contributed by atoms with Crippen molar-refractivity contribution in [1.29, 1.82) is 0 Å². The van der Waals surface area contributed by atoms with Gasteiger partial charge in [0.15, 0.2) is 5.76 Å². The zero-order valence-corrected chi connectivity index (χ0v) is 16.5. The van der Waals surface area contributed by atoms with Crippen LogP contribution < -0.4 is 16.3 Å². The van der Waals surface area contributed by atoms with Crippen molar-refractivity contribution in [2.45, 2.75) is 52.5 Å². The second-order valence-corrected chi connectivity index (χ2v) is 7.75. The summed E-state index contributed by atoms with van der Waals surface area (Å²) in [6.45, 7) is 7.67. The van der Waals surface area contributed by atoms with Gasteiger partial charge < -0.3 is 4.42 Å². The molecule has 148 valence electrons. The third-order valence-electron chi connectivity index (χ3n) is 4.27. The monoisotopic (exact) mass is 383 g/mol. The van der Waals surface area contributed by atoms with Crippen molar-refractivity contribution < 1.29 is 14.0 Å². The summed E-state index contributed by atoms with van der Waals surface area (Å²) in [5, 5.41) is 4.29. The summed E-state index contributed by atoms with van der Waals surface area (Å²) in [5.74, 6) is 0.260. The third kappa shape index (κ3) is 4.45. The van der Waals surface area contributed by atoms with E-state index in [0.29, 0.717) is 23.4 Å². The predicted octanol–water partition coefficient (Wildman–Crippen LogP) is 2.49. The maximum absolute atomic E-state index is 12.5. The highest BCUT2D eigenvalue weighted by Gasteiger charge is 2.28. The number of carbonyl (C=O) groups is 2. The van der Waals surface area contributed by atoms with Crippen LogP contribution >= 0.6 is 0 Å². The van der Waals surface area contributed by atoms with Crippen LogP contribution in [0.5, 0.6) is 0 Å². The van der Waals surface area contributed by atoms with Gasteiger partial charge >= 0.3 is 5.91 Å². The number of hydrogen-bond acceptors (Lipinski definition) is 6. The van der Waals surface area contributed by atoms with Gasteiger partial charge in [0.2, 0.25) is 0 Å². The average Bonchev–Trinajstić information content (AvgIpc) is 3.01. The van der Waals surface area contributed by atoms with E-state index in [1.165, 1.54) is 0 Å². The molecule has 8 nitrogen and oxygen atoms in total. The van der Waals surface area contributed by atoms with Gasteiger partial charge in [0.05, 0.1) is 5.71 Å². The van der Waals surface area contributed by atoms with Crippen molar-refractivity contribution in [3.63, 3.8) is 0 Å². The van der Waals surface area contributed by atoms with Gasteiger partial charge in [0.25, 0.3) is 5.91 Å². The maximum atomic E-state index is 12.5. The lowest BCUT2D eigenvalue weighted by atomic mass is 9.93. The molecule has 0 aromatic carbocycles. The summed E-state index contributed by atoms with van der Waals surface area (Å²) in [6, 6.07) is 5.10. The Hall–Kier alpha value is -3.00. The minimum Gasteiger partial charge on any atom is -0.455 e. The molecule has 2 heterocycles. The number of nitrogens with zero attached hydrogens (tertiary/aromatic N) is 2. The van der Waals surface area contributed by atoms with Crippen molar-refractivity contribution >= 4 is 17.5 Å². The number of aryl methyl sites for hydroxylation is 1. The van der Waals surface area contributed by atoms with Gasteiger partial charge in [-0.25, -0.2) is 10.9 Å². The van der Waals surface area contributed by atoms with Crippen molar-refractivity contribution in [2.75, 3.05) is 0 Å². The number of amides is 2. The van der Waals surface area contributed by atoms with Gasteiger partial charge in [-0.2, -0.15) is 5.10 Å². The largest absolute Gasteiger partial charge is 0.455 e. The highest BCUT2D eigenvalue weighted by atomic mass is 16.4. The summed E-state index contributed by atoms with van der Waals surface area (Å²) in [4.78, 5) is 28.7. The summed E-state index contributed by atoms with van der Waals surface area (Å²) >= 11 is 0. The fourth-order valence-electron chi connectivity index (χ4n) is 2.97. The van der Waals surface area contributed by atoms with Gasteiger partial charge in [-0.3, -0.25) is 20.0 Å². The normalized spacial score (nSPS) is 15.2. The van der Waals surface area contributed by atoms with Crippen LogP contribution in [0.1, 0.15) is 71.5 Å². The smallest absolute Gasteiger partial charge is 0.301 e. The lowest BCUT2D eigenvalue weighted by Gasteiger charge is -2.20. The van der Waals surface area contributed by atoms with Crippen molar-refractivity contribution in [2.24, 2.45) is 5.10 Å². The molecule has 2 aromatic heterocycles. The Kier molecular flexibility index (Phi) is 5.60. The summed E-state index contributed by atoms with van der Waals surface area (Å²) in [7, 11) is 0. The van der Waals surface area contributed by atoms with E-state index in [9.17, 15) is 9.59 Å². The molecule has 0 radical (unpaired) electrons. The molecule has 2 amide bonds. The zero-order valence-electron chi connectivity index (χ0n) is 16.5. The van der Waals surface area contributed by atoms with Crippen LogP contribution in [0.15, 0.2) is 33.9 Å². The van der Waals surface area contributed by atoms with E-state index < -0.39 is 0 Å². The van der Waals surface area contributed by atoms with Crippen molar-refractivity contribution in [1.82, 2.24) is 21.3 Å². The number of fused-ring (bicyclic) bond motifs is 1. The number of hydrazone groups is 1. The molecule has 0 aliphatic heterocycles. The molecule has 3 N–H and O–H groups in total. The first-order valence-corrected chi connectivity index (χ1v) is 9.24. The quantitative estimate of drug-likeness (QED) is 0.703. The van der Waals surface area contributed by atoms with E-state index in [1.54, 1.807) is 24.4 Å². The second kappa shape index (κ2) is 7.93. The Balaban J connectivity index is 1.81. The molecule has 28 heavy (non-hydrogen) atoms. The molecule has 2 aromatic rings. The number of hydrogen-bond donors (Lipinski definition) is 3. The average molecular weight is 383 g/mol. The fraction of sp³-hybridized carbons (Fsp3) is 0.400. The van der Waals surface area contributed by atoms with Crippen LogP contribution in [0.4, 0.5) is 0 Å². The van der Waals surface area contributed by atoms with Gasteiger partial charge in [-0.1, -0.05) is 6.07 Å². The molecule has 1 aliphatic rings. The van der Waals surface area contributed by atoms with Crippen LogP contribution in [-0.2, 0) is 6.42 Å². The van der Waals surface area contributed by atoms with E-state index in [2.05, 4.69) is 26.4 Å². The topological polar surface area (TPSA) is 109 Å². The number of rotatable bonds is 4. The highest BCUT2D eigenvalue weighted by molar-refractivity contribution is 6.07. The van der Waals surface area contributed by atoms with Gasteiger partial charge in [-0.05, 0) is 52.7 Å². The molecule has 0 spiro atoms. The first kappa shape index (κ1) is 19.8. The van der Waals surface area contributed by atoms with Crippen molar-refractivity contribution in [3.05, 3.63) is 52.7 Å². The standard InChI is InChI=1S/C20H25N5O3/c1-12-16-13(22-23-18(26)14-8-5-6-11-21-14)9-7-10-15(16)28-17(12)19(27)24-25-20(2,3)4/h5-6,8,11,25H,7,9-10H2,1-4H3,(H,23,26)(H,24,27)/b22-13+. The number of aromatic nitrogens is 1. The van der Waals surface area contributed by atoms with Crippen LogP contribution in [-0.4, -0.2) is 28.0 Å². The number of nitrogens with one attached hydrogen (secondary N) is 3. The third-order valence-corrected chi connectivity index (χ3v) is 4.27. The summed E-state index contributed by atoms with van der Waals surface area (Å²) in [5.41, 5.74) is 10.4. The molecule has 8 heteroatoms. The Morgan fingerprint density at radius 1 is 1.18 bits per heavy atom. The maximum Gasteiger partial charge on any atom is 0.301 e. The Morgan fingerprint density at radius 2 is 1.96 bits per heavy atom. The second-order valence-electron chi connectivity index (χ2n) is 7.75. The highest BCUT2D eigenvalue weighted by Crippen LogP contribution is 2.29. The van der Waals surface area contributed by atoms with Gasteiger partial charge in [0.1, 0.15) is 11.5 Å². The van der Waals surface area contributed by atoms with E-state index in [4.69, 9.17) is 4.42 Å².